The Morgan fingerprint density at radius 3 is 2.78 bits per heavy atom. The molecule has 1 aromatic carbocycles. The van der Waals surface area contributed by atoms with Crippen molar-refractivity contribution in [1.82, 2.24) is 10.7 Å². The van der Waals surface area contributed by atoms with Gasteiger partial charge in [-0.3, -0.25) is 5.43 Å². The summed E-state index contributed by atoms with van der Waals surface area (Å²) in [7, 11) is 1.60. The first kappa shape index (κ1) is 21.5. The van der Waals surface area contributed by atoms with Gasteiger partial charge in [-0.2, -0.15) is 16.9 Å². The van der Waals surface area contributed by atoms with E-state index >= 15 is 0 Å². The van der Waals surface area contributed by atoms with Crippen LogP contribution in [0.4, 0.5) is 0 Å². The fourth-order valence-corrected chi connectivity index (χ4v) is 3.95. The molecule has 148 valence electrons. The van der Waals surface area contributed by atoms with Crippen LogP contribution in [0.3, 0.4) is 0 Å². The van der Waals surface area contributed by atoms with Crippen LogP contribution in [0.2, 0.25) is 0 Å². The van der Waals surface area contributed by atoms with E-state index < -0.39 is 5.97 Å². The number of nitrogens with zero attached hydrogens (tertiary/aromatic N) is 1. The molecule has 1 aliphatic carbocycles. The van der Waals surface area contributed by atoms with Gasteiger partial charge in [-0.25, -0.2) is 0 Å². The van der Waals surface area contributed by atoms with Crippen molar-refractivity contribution >= 4 is 40.8 Å². The Bertz CT molecular complexity index is 689. The van der Waals surface area contributed by atoms with Gasteiger partial charge in [-0.1, -0.05) is 19.3 Å². The molecule has 2 rings (SSSR count). The Hall–Kier alpha value is -1.80. The maximum absolute atomic E-state index is 10.6. The SMILES string of the molecule is COc1ccc(/C(C)=N\NC(=S)NC2CCCCC2)cc1CSCC(=O)[O-]. The lowest BCUT2D eigenvalue weighted by Gasteiger charge is -2.23. The molecule has 0 amide bonds. The summed E-state index contributed by atoms with van der Waals surface area (Å²) in [6.45, 7) is 1.90. The molecule has 1 aromatic rings. The minimum Gasteiger partial charge on any atom is -0.549 e. The zero-order valence-corrected chi connectivity index (χ0v) is 17.4. The summed E-state index contributed by atoms with van der Waals surface area (Å²) in [5.41, 5.74) is 5.55. The molecule has 0 radical (unpaired) electrons. The highest BCUT2D eigenvalue weighted by Crippen LogP contribution is 2.25. The number of hydrogen-bond donors (Lipinski definition) is 2. The van der Waals surface area contributed by atoms with E-state index in [0.29, 0.717) is 16.9 Å². The number of rotatable bonds is 8. The molecule has 0 heterocycles. The highest BCUT2D eigenvalue weighted by atomic mass is 32.2. The molecule has 0 bridgehead atoms. The van der Waals surface area contributed by atoms with Gasteiger partial charge in [-0.15, -0.1) is 0 Å². The third-order valence-corrected chi connectivity index (χ3v) is 5.61. The van der Waals surface area contributed by atoms with Crippen LogP contribution < -0.4 is 20.6 Å². The van der Waals surface area contributed by atoms with Gasteiger partial charge in [0.25, 0.3) is 0 Å². The number of hydrazone groups is 1. The Labute approximate surface area is 170 Å². The van der Waals surface area contributed by atoms with E-state index in [2.05, 4.69) is 15.8 Å². The predicted molar refractivity (Wildman–Crippen MR) is 112 cm³/mol. The van der Waals surface area contributed by atoms with Crippen LogP contribution in [-0.4, -0.2) is 35.7 Å². The number of thiocarbonyl (C=S) groups is 1. The summed E-state index contributed by atoms with van der Waals surface area (Å²) in [5.74, 6) is 0.118. The molecular formula is C19H26N3O3S2-. The second-order valence-electron chi connectivity index (χ2n) is 6.51. The lowest BCUT2D eigenvalue weighted by molar-refractivity contribution is -0.301. The van der Waals surface area contributed by atoms with E-state index in [-0.39, 0.29) is 5.75 Å². The molecule has 8 heteroatoms. The summed E-state index contributed by atoms with van der Waals surface area (Å²) in [6, 6.07) is 6.17. The standard InChI is InChI=1S/C19H27N3O3S2/c1-13(21-22-19(26)20-16-6-4-3-5-7-16)14-8-9-17(25-2)15(10-14)11-27-12-18(23)24/h8-10,16H,3-7,11-12H2,1-2H3,(H,23,24)(H2,20,22,26)/p-1/b21-13-. The molecule has 6 nitrogen and oxygen atoms in total. The number of nitrogens with one attached hydrogen (secondary N) is 2. The average Bonchev–Trinajstić information content (AvgIpc) is 2.66. The molecule has 0 aliphatic heterocycles. The van der Waals surface area contributed by atoms with E-state index in [1.165, 1.54) is 31.0 Å². The normalized spacial score (nSPS) is 15.3. The quantitative estimate of drug-likeness (QED) is 0.387. The van der Waals surface area contributed by atoms with Crippen LogP contribution in [0, 0.1) is 0 Å². The Kier molecular flexibility index (Phi) is 8.87. The number of carboxylic acids is 1. The topological polar surface area (TPSA) is 85.8 Å². The molecule has 0 spiro atoms. The van der Waals surface area contributed by atoms with Gasteiger partial charge in [0.05, 0.1) is 18.8 Å². The number of aliphatic carboxylic acids is 1. The number of carboxylic acid groups (broad SMARTS) is 1. The maximum Gasteiger partial charge on any atom is 0.187 e. The summed E-state index contributed by atoms with van der Waals surface area (Å²) in [5, 5.41) is 18.8. The third kappa shape index (κ3) is 7.38. The van der Waals surface area contributed by atoms with Crippen molar-refractivity contribution in [2.45, 2.75) is 50.8 Å². The maximum atomic E-state index is 10.6. The summed E-state index contributed by atoms with van der Waals surface area (Å²) in [4.78, 5) is 10.6. The first-order valence-corrected chi connectivity index (χ1v) is 10.6. The number of benzene rings is 1. The van der Waals surface area contributed by atoms with Crippen LogP contribution in [0.15, 0.2) is 23.3 Å². The van der Waals surface area contributed by atoms with Crippen LogP contribution in [0.25, 0.3) is 0 Å². The first-order valence-electron chi connectivity index (χ1n) is 9.05. The molecule has 1 aliphatic rings. The third-order valence-electron chi connectivity index (χ3n) is 4.44. The second kappa shape index (κ2) is 11.1. The number of carbonyl (C=O) groups excluding carboxylic acids is 1. The Morgan fingerprint density at radius 1 is 1.37 bits per heavy atom. The molecule has 0 atom stereocenters. The smallest absolute Gasteiger partial charge is 0.187 e. The van der Waals surface area contributed by atoms with Crippen molar-refractivity contribution in [3.05, 3.63) is 29.3 Å². The molecule has 0 aromatic heterocycles. The summed E-state index contributed by atoms with van der Waals surface area (Å²) < 4.78 is 5.36. The second-order valence-corrected chi connectivity index (χ2v) is 7.90. The minimum atomic E-state index is -1.07. The van der Waals surface area contributed by atoms with E-state index in [9.17, 15) is 9.90 Å². The van der Waals surface area contributed by atoms with Crippen molar-refractivity contribution in [3.63, 3.8) is 0 Å². The number of ether oxygens (including phenoxy) is 1. The van der Waals surface area contributed by atoms with Crippen LogP contribution in [-0.2, 0) is 10.5 Å². The van der Waals surface area contributed by atoms with E-state index in [0.717, 1.165) is 35.4 Å². The van der Waals surface area contributed by atoms with Crippen molar-refractivity contribution in [2.24, 2.45) is 5.10 Å². The van der Waals surface area contributed by atoms with Crippen LogP contribution >= 0.6 is 24.0 Å². The van der Waals surface area contributed by atoms with Gasteiger partial charge in [0, 0.05) is 23.1 Å². The lowest BCUT2D eigenvalue weighted by Crippen LogP contribution is -2.41. The van der Waals surface area contributed by atoms with Crippen molar-refractivity contribution in [3.8, 4) is 5.75 Å². The largest absolute Gasteiger partial charge is 0.549 e. The number of hydrogen-bond acceptors (Lipinski definition) is 6. The van der Waals surface area contributed by atoms with E-state index in [1.807, 2.05) is 25.1 Å². The Balaban J connectivity index is 1.96. The zero-order chi connectivity index (χ0) is 19.6. The van der Waals surface area contributed by atoms with E-state index in [1.54, 1.807) is 7.11 Å². The van der Waals surface area contributed by atoms with Gasteiger partial charge >= 0.3 is 0 Å². The minimum absolute atomic E-state index is 0.0525. The average molecular weight is 409 g/mol. The van der Waals surface area contributed by atoms with Gasteiger partial charge in [0.15, 0.2) is 5.11 Å². The first-order chi connectivity index (χ1) is 13.0. The number of carbonyl (C=O) groups is 1. The fraction of sp³-hybridized carbons (Fsp3) is 0.526. The number of methoxy groups -OCH3 is 1. The zero-order valence-electron chi connectivity index (χ0n) is 15.7. The Morgan fingerprint density at radius 2 is 2.11 bits per heavy atom. The molecule has 2 N–H and O–H groups in total. The van der Waals surface area contributed by atoms with Crippen molar-refractivity contribution < 1.29 is 14.6 Å². The number of thioether (sulfide) groups is 1. The monoisotopic (exact) mass is 408 g/mol. The van der Waals surface area contributed by atoms with Gasteiger partial charge in [0.2, 0.25) is 0 Å². The van der Waals surface area contributed by atoms with Crippen LogP contribution in [0.5, 0.6) is 5.75 Å². The molecule has 27 heavy (non-hydrogen) atoms. The highest BCUT2D eigenvalue weighted by molar-refractivity contribution is 7.99. The van der Waals surface area contributed by atoms with E-state index in [4.69, 9.17) is 17.0 Å². The molecule has 1 fully saturated rings. The molecule has 1 saturated carbocycles. The fourth-order valence-electron chi connectivity index (χ4n) is 3.02. The summed E-state index contributed by atoms with van der Waals surface area (Å²) >= 11 is 6.61. The summed E-state index contributed by atoms with van der Waals surface area (Å²) in [6.07, 6.45) is 6.09. The van der Waals surface area contributed by atoms with Gasteiger partial charge in [-0.05, 0) is 55.7 Å². The lowest BCUT2D eigenvalue weighted by atomic mass is 9.96. The predicted octanol–water partition coefficient (Wildman–Crippen LogP) is 2.20. The van der Waals surface area contributed by atoms with Gasteiger partial charge < -0.3 is 20.0 Å². The van der Waals surface area contributed by atoms with Crippen LogP contribution in [0.1, 0.15) is 50.2 Å². The molecular weight excluding hydrogens is 382 g/mol. The molecule has 0 saturated heterocycles. The van der Waals surface area contributed by atoms with Crippen molar-refractivity contribution in [1.29, 1.82) is 0 Å². The van der Waals surface area contributed by atoms with Gasteiger partial charge in [0.1, 0.15) is 5.75 Å². The molecule has 0 unspecified atom stereocenters. The van der Waals surface area contributed by atoms with Crippen molar-refractivity contribution in [2.75, 3.05) is 12.9 Å². The highest BCUT2D eigenvalue weighted by Gasteiger charge is 2.13.